The highest BCUT2D eigenvalue weighted by molar-refractivity contribution is 6.29. The van der Waals surface area contributed by atoms with E-state index in [4.69, 9.17) is 28.4 Å². The maximum atomic E-state index is 14.4. The number of allylic oxidation sites excluding steroid dienone is 2. The van der Waals surface area contributed by atoms with Gasteiger partial charge in [0.05, 0.1) is 36.5 Å². The Morgan fingerprint density at radius 2 is 1.48 bits per heavy atom. The first-order valence-corrected chi connectivity index (χ1v) is 20.0. The number of aliphatic hydroxyl groups is 4. The molecule has 5 aliphatic rings. The van der Waals surface area contributed by atoms with E-state index in [1.165, 1.54) is 13.8 Å². The van der Waals surface area contributed by atoms with Crippen LogP contribution in [0.15, 0.2) is 35.3 Å². The molecule has 0 amide bonds. The van der Waals surface area contributed by atoms with Crippen LogP contribution in [0.25, 0.3) is 0 Å². The zero-order chi connectivity index (χ0) is 45.7. The molecule has 2 fully saturated rings. The number of hydrogen-bond acceptors (Lipinski definition) is 18. The molecule has 2 aromatic rings. The lowest BCUT2D eigenvalue weighted by Gasteiger charge is -2.52. The number of aryl methyl sites for hydroxylation is 2. The molecule has 0 bridgehead atoms. The van der Waals surface area contributed by atoms with E-state index in [0.29, 0.717) is 11.1 Å². The minimum absolute atomic E-state index is 0.0332. The Kier molecular flexibility index (Phi) is 11.2. The topological polar surface area (TPSA) is 279 Å². The Labute approximate surface area is 354 Å². The SMILES string of the molecule is COC1=CC(=O)c2c(O)c3c(c(C)c2C1=O)C[C@@]1(O)C(OC2CCC(OC4C[C@@](C)(O)C(OC(=O)c5c(C)ccc(C)c5O)C(C)O4)C(C)O2)C(=O)C(C(C)=O)=C(O)[C@@]1(O)C3=O. The average molecular weight is 865 g/mol. The van der Waals surface area contributed by atoms with E-state index in [1.54, 1.807) is 39.8 Å². The van der Waals surface area contributed by atoms with Crippen LogP contribution in [0.1, 0.15) is 111 Å². The monoisotopic (exact) mass is 864 g/mol. The van der Waals surface area contributed by atoms with Crippen LogP contribution >= 0.6 is 0 Å². The van der Waals surface area contributed by atoms with Gasteiger partial charge in [0.1, 0.15) is 39.6 Å². The van der Waals surface area contributed by atoms with E-state index < -0.39 is 129 Å². The molecular formula is C44H48O18. The molecule has 18 nitrogen and oxygen atoms in total. The van der Waals surface area contributed by atoms with Gasteiger partial charge in [0.2, 0.25) is 23.0 Å². The number of Topliss-reactive ketones (excluding diaryl/α,β-unsaturated/α-hetero) is 4. The highest BCUT2D eigenvalue weighted by Gasteiger charge is 2.71. The number of rotatable bonds is 8. The van der Waals surface area contributed by atoms with Gasteiger partial charge in [-0.25, -0.2) is 4.79 Å². The average Bonchev–Trinajstić information content (AvgIpc) is 3.18. The van der Waals surface area contributed by atoms with Crippen molar-refractivity contribution in [2.24, 2.45) is 0 Å². The van der Waals surface area contributed by atoms with E-state index in [9.17, 15) is 59.4 Å². The summed E-state index contributed by atoms with van der Waals surface area (Å²) in [6.45, 7) is 10.1. The van der Waals surface area contributed by atoms with Crippen LogP contribution < -0.4 is 0 Å². The molecule has 2 aliphatic heterocycles. The van der Waals surface area contributed by atoms with Crippen LogP contribution in [-0.4, -0.2) is 133 Å². The third kappa shape index (κ3) is 6.67. The van der Waals surface area contributed by atoms with Crippen LogP contribution in [0, 0.1) is 20.8 Å². The second kappa shape index (κ2) is 15.5. The molecule has 0 aromatic heterocycles. The summed E-state index contributed by atoms with van der Waals surface area (Å²) in [5.41, 5.74) is -10.4. The molecule has 62 heavy (non-hydrogen) atoms. The summed E-state index contributed by atoms with van der Waals surface area (Å²) in [4.78, 5) is 81.0. The smallest absolute Gasteiger partial charge is 0.342 e. The molecule has 0 radical (unpaired) electrons. The fourth-order valence-electron chi connectivity index (χ4n) is 9.37. The number of phenols is 2. The fraction of sp³-hybridized carbons (Fsp3) is 0.500. The number of methoxy groups -OCH3 is 1. The van der Waals surface area contributed by atoms with Crippen molar-refractivity contribution < 1.29 is 87.8 Å². The van der Waals surface area contributed by atoms with Gasteiger partial charge in [-0.2, -0.15) is 0 Å². The predicted molar refractivity (Wildman–Crippen MR) is 210 cm³/mol. The van der Waals surface area contributed by atoms with Gasteiger partial charge in [0.25, 0.3) is 0 Å². The molecule has 2 heterocycles. The quantitative estimate of drug-likeness (QED) is 0.164. The maximum absolute atomic E-state index is 14.4. The highest BCUT2D eigenvalue weighted by atomic mass is 16.7. The first-order chi connectivity index (χ1) is 28.9. The molecule has 7 rings (SSSR count). The second-order valence-corrected chi connectivity index (χ2v) is 16.9. The zero-order valence-electron chi connectivity index (χ0n) is 35.2. The number of hydrogen-bond donors (Lipinski definition) is 6. The molecule has 2 aromatic carbocycles. The Morgan fingerprint density at radius 3 is 2.10 bits per heavy atom. The molecular weight excluding hydrogens is 816 g/mol. The van der Waals surface area contributed by atoms with Crippen molar-refractivity contribution in [3.63, 3.8) is 0 Å². The lowest BCUT2D eigenvalue weighted by Crippen LogP contribution is -2.74. The number of phenolic OH excluding ortho intramolecular Hbond substituents is 2. The summed E-state index contributed by atoms with van der Waals surface area (Å²) in [6, 6.07) is 3.32. The lowest BCUT2D eigenvalue weighted by atomic mass is 9.58. The van der Waals surface area contributed by atoms with Crippen LogP contribution in [0.2, 0.25) is 0 Å². The van der Waals surface area contributed by atoms with Crippen molar-refractivity contribution in [1.29, 1.82) is 0 Å². The largest absolute Gasteiger partial charge is 0.508 e. The number of aliphatic hydroxyl groups excluding tert-OH is 1. The highest BCUT2D eigenvalue weighted by Crippen LogP contribution is 2.52. The Balaban J connectivity index is 1.11. The molecule has 2 saturated heterocycles. The third-order valence-electron chi connectivity index (χ3n) is 12.7. The minimum Gasteiger partial charge on any atom is -0.508 e. The normalized spacial score (nSPS) is 33.3. The number of esters is 1. The summed E-state index contributed by atoms with van der Waals surface area (Å²) in [5, 5.41) is 69.4. The van der Waals surface area contributed by atoms with Crippen LogP contribution in [0.5, 0.6) is 11.5 Å². The lowest BCUT2D eigenvalue weighted by molar-refractivity contribution is -0.315. The number of carbonyl (C=O) groups excluding carboxylic acids is 6. The Hall–Kier alpha value is -5.34. The van der Waals surface area contributed by atoms with Crippen molar-refractivity contribution in [3.8, 4) is 11.5 Å². The molecule has 332 valence electrons. The number of ether oxygens (including phenoxy) is 6. The van der Waals surface area contributed by atoms with Gasteiger partial charge in [-0.15, -0.1) is 0 Å². The van der Waals surface area contributed by atoms with Gasteiger partial charge in [0.15, 0.2) is 42.1 Å². The number of fused-ring (bicyclic) bond motifs is 3. The van der Waals surface area contributed by atoms with E-state index in [-0.39, 0.29) is 53.0 Å². The van der Waals surface area contributed by atoms with Crippen LogP contribution in [-0.2, 0) is 44.4 Å². The van der Waals surface area contributed by atoms with E-state index in [0.717, 1.165) is 20.1 Å². The third-order valence-corrected chi connectivity index (χ3v) is 12.7. The number of carbonyl (C=O) groups is 6. The van der Waals surface area contributed by atoms with Gasteiger partial charge < -0.3 is 59.1 Å². The van der Waals surface area contributed by atoms with Crippen molar-refractivity contribution in [2.75, 3.05) is 7.11 Å². The summed E-state index contributed by atoms with van der Waals surface area (Å²) in [6.07, 6.45) is -8.40. The molecule has 0 saturated carbocycles. The molecule has 0 spiro atoms. The van der Waals surface area contributed by atoms with Crippen LogP contribution in [0.4, 0.5) is 0 Å². The first-order valence-electron chi connectivity index (χ1n) is 20.0. The molecule has 18 heteroatoms. The fourth-order valence-corrected chi connectivity index (χ4v) is 9.37. The first kappa shape index (κ1) is 44.7. The molecule has 3 aliphatic carbocycles. The standard InChI is InChI=1S/C44H48O18/c1-16-9-10-17(2)33(47)28(16)41(53)62-39-21(6)59-27(15-42(39,7)54)60-24-11-12-26(58-20(24)5)61-40-36(50)30(19(4)45)37(51)44(56)38(52)31-22(14-43(40,44)55)18(3)29-32(35(31)49)23(46)13-25(57-8)34(29)48/h9-10,13,20-21,24,26-27,39-40,47,49,51,54-56H,11-12,14-15H2,1-8H3/t20?,21?,24?,26?,27?,39?,40?,42-,43-,44-/m1/s1. The van der Waals surface area contributed by atoms with Gasteiger partial charge in [-0.3, -0.25) is 24.0 Å². The Morgan fingerprint density at radius 1 is 0.839 bits per heavy atom. The molecule has 10 atom stereocenters. The zero-order valence-corrected chi connectivity index (χ0v) is 35.2. The maximum Gasteiger partial charge on any atom is 0.342 e. The summed E-state index contributed by atoms with van der Waals surface area (Å²) in [5.74, 6) is -9.67. The number of ketones is 5. The molecule has 6 N–H and O–H groups in total. The van der Waals surface area contributed by atoms with Gasteiger partial charge in [-0.1, -0.05) is 12.1 Å². The van der Waals surface area contributed by atoms with Crippen molar-refractivity contribution >= 4 is 34.9 Å². The van der Waals surface area contributed by atoms with E-state index in [2.05, 4.69) is 0 Å². The van der Waals surface area contributed by atoms with E-state index in [1.807, 2.05) is 0 Å². The van der Waals surface area contributed by atoms with Gasteiger partial charge in [0, 0.05) is 30.9 Å². The van der Waals surface area contributed by atoms with Crippen molar-refractivity contribution in [3.05, 3.63) is 79.8 Å². The van der Waals surface area contributed by atoms with Crippen molar-refractivity contribution in [1.82, 2.24) is 0 Å². The number of aromatic hydroxyl groups is 2. The second-order valence-electron chi connectivity index (χ2n) is 16.9. The Bertz CT molecular complexity index is 2410. The molecule has 7 unspecified atom stereocenters. The summed E-state index contributed by atoms with van der Waals surface area (Å²) >= 11 is 0. The minimum atomic E-state index is -3.49. The predicted octanol–water partition coefficient (Wildman–Crippen LogP) is 2.52. The van der Waals surface area contributed by atoms with Gasteiger partial charge >= 0.3 is 5.97 Å². The summed E-state index contributed by atoms with van der Waals surface area (Å²) < 4.78 is 35.1. The van der Waals surface area contributed by atoms with Crippen molar-refractivity contribution in [2.45, 2.75) is 134 Å². The van der Waals surface area contributed by atoms with Crippen LogP contribution in [0.3, 0.4) is 0 Å². The summed E-state index contributed by atoms with van der Waals surface area (Å²) in [7, 11) is 1.15. The van der Waals surface area contributed by atoms with Gasteiger partial charge in [-0.05, 0) is 77.1 Å². The van der Waals surface area contributed by atoms with E-state index >= 15 is 0 Å². The number of benzene rings is 2.